The number of carbonyl (C=O) groups is 1. The molecule has 0 radical (unpaired) electrons. The van der Waals surface area contributed by atoms with Gasteiger partial charge < -0.3 is 10.0 Å². The van der Waals surface area contributed by atoms with E-state index in [4.69, 9.17) is 5.11 Å². The van der Waals surface area contributed by atoms with Crippen LogP contribution in [0, 0.1) is 13.8 Å². The fourth-order valence-electron chi connectivity index (χ4n) is 2.05. The summed E-state index contributed by atoms with van der Waals surface area (Å²) >= 11 is 0. The van der Waals surface area contributed by atoms with E-state index in [0.29, 0.717) is 0 Å². The number of carboxylic acids is 1. The third kappa shape index (κ3) is 4.49. The van der Waals surface area contributed by atoms with E-state index < -0.39 is 5.97 Å². The van der Waals surface area contributed by atoms with Crippen LogP contribution in [0.25, 0.3) is 0 Å². The number of hydrogen-bond acceptors (Lipinski definition) is 2. The number of hydrogen-bond donors (Lipinski definition) is 1. The first-order valence-corrected chi connectivity index (χ1v) is 6.38. The van der Waals surface area contributed by atoms with Crippen LogP contribution < -0.4 is 0 Å². The van der Waals surface area contributed by atoms with Crippen LogP contribution in [0.5, 0.6) is 0 Å². The molecule has 0 saturated heterocycles. The van der Waals surface area contributed by atoms with Gasteiger partial charge in [-0.3, -0.25) is 4.79 Å². The number of aliphatic carboxylic acids is 1. The molecule has 0 aromatic heterocycles. The highest BCUT2D eigenvalue weighted by Crippen LogP contribution is 2.12. The topological polar surface area (TPSA) is 40.5 Å². The van der Waals surface area contributed by atoms with Crippen LogP contribution in [0.4, 0.5) is 0 Å². The lowest BCUT2D eigenvalue weighted by molar-refractivity contribution is -0.138. The lowest BCUT2D eigenvalue weighted by Gasteiger charge is -2.23. The largest absolute Gasteiger partial charge is 0.481 e. The molecular weight excluding hydrogens is 226 g/mol. The molecule has 1 atom stereocenters. The molecule has 18 heavy (non-hydrogen) atoms. The van der Waals surface area contributed by atoms with E-state index in [0.717, 1.165) is 13.0 Å². The minimum atomic E-state index is -0.735. The van der Waals surface area contributed by atoms with Gasteiger partial charge >= 0.3 is 5.97 Å². The van der Waals surface area contributed by atoms with Crippen LogP contribution in [0.15, 0.2) is 18.2 Å². The normalized spacial score (nSPS) is 12.7. The minimum Gasteiger partial charge on any atom is -0.481 e. The van der Waals surface area contributed by atoms with E-state index in [1.807, 2.05) is 14.0 Å². The standard InChI is InChI=1S/C15H23NO2/c1-11-5-6-14(12(2)9-11)7-8-16(4)13(3)10-15(17)18/h5-6,9,13H,7-8,10H2,1-4H3,(H,17,18). The number of rotatable bonds is 6. The second-order valence-corrected chi connectivity index (χ2v) is 5.11. The van der Waals surface area contributed by atoms with Crippen LogP contribution in [0.3, 0.4) is 0 Å². The molecule has 0 aliphatic rings. The Balaban J connectivity index is 2.51. The number of aryl methyl sites for hydroxylation is 2. The van der Waals surface area contributed by atoms with Crippen LogP contribution in [-0.2, 0) is 11.2 Å². The van der Waals surface area contributed by atoms with Crippen LogP contribution >= 0.6 is 0 Å². The number of nitrogens with zero attached hydrogens (tertiary/aromatic N) is 1. The van der Waals surface area contributed by atoms with Gasteiger partial charge in [-0.1, -0.05) is 23.8 Å². The van der Waals surface area contributed by atoms with Crippen molar-refractivity contribution in [3.05, 3.63) is 34.9 Å². The van der Waals surface area contributed by atoms with Gasteiger partial charge in [0.05, 0.1) is 6.42 Å². The summed E-state index contributed by atoms with van der Waals surface area (Å²) in [5.41, 5.74) is 3.94. The smallest absolute Gasteiger partial charge is 0.304 e. The Morgan fingerprint density at radius 2 is 2.06 bits per heavy atom. The molecular formula is C15H23NO2. The van der Waals surface area contributed by atoms with Crippen molar-refractivity contribution in [2.75, 3.05) is 13.6 Å². The average molecular weight is 249 g/mol. The molecule has 0 aliphatic heterocycles. The van der Waals surface area contributed by atoms with Gasteiger partial charge in [-0.25, -0.2) is 0 Å². The van der Waals surface area contributed by atoms with E-state index in [9.17, 15) is 4.79 Å². The maximum Gasteiger partial charge on any atom is 0.304 e. The van der Waals surface area contributed by atoms with Crippen molar-refractivity contribution in [1.82, 2.24) is 4.90 Å². The SMILES string of the molecule is Cc1ccc(CCN(C)C(C)CC(=O)O)c(C)c1. The fraction of sp³-hybridized carbons (Fsp3) is 0.533. The molecule has 1 unspecified atom stereocenters. The highest BCUT2D eigenvalue weighted by atomic mass is 16.4. The third-order valence-corrected chi connectivity index (χ3v) is 3.45. The quantitative estimate of drug-likeness (QED) is 0.842. The zero-order chi connectivity index (χ0) is 13.7. The molecule has 0 aliphatic carbocycles. The Kier molecular flexibility index (Phi) is 5.35. The van der Waals surface area contributed by atoms with Gasteiger partial charge in [-0.05, 0) is 45.4 Å². The van der Waals surface area contributed by atoms with Gasteiger partial charge in [0.25, 0.3) is 0 Å². The van der Waals surface area contributed by atoms with Crippen LogP contribution in [0.2, 0.25) is 0 Å². The molecule has 0 spiro atoms. The Hall–Kier alpha value is -1.35. The van der Waals surface area contributed by atoms with Crippen molar-refractivity contribution in [2.45, 2.75) is 39.7 Å². The van der Waals surface area contributed by atoms with Crippen molar-refractivity contribution in [2.24, 2.45) is 0 Å². The van der Waals surface area contributed by atoms with Crippen molar-refractivity contribution in [3.8, 4) is 0 Å². The van der Waals surface area contributed by atoms with E-state index in [2.05, 4.69) is 36.9 Å². The Morgan fingerprint density at radius 1 is 1.39 bits per heavy atom. The minimum absolute atomic E-state index is 0.0771. The molecule has 0 bridgehead atoms. The number of benzene rings is 1. The first kappa shape index (κ1) is 14.7. The second kappa shape index (κ2) is 6.55. The molecule has 0 amide bonds. The van der Waals surface area contributed by atoms with Gasteiger partial charge in [0.2, 0.25) is 0 Å². The zero-order valence-electron chi connectivity index (χ0n) is 11.7. The van der Waals surface area contributed by atoms with Crippen molar-refractivity contribution < 1.29 is 9.90 Å². The van der Waals surface area contributed by atoms with Gasteiger partial charge in [-0.2, -0.15) is 0 Å². The summed E-state index contributed by atoms with van der Waals surface area (Å²) in [7, 11) is 1.98. The molecule has 1 N–H and O–H groups in total. The molecule has 1 aromatic rings. The van der Waals surface area contributed by atoms with Crippen molar-refractivity contribution in [3.63, 3.8) is 0 Å². The van der Waals surface area contributed by atoms with Crippen LogP contribution in [-0.4, -0.2) is 35.6 Å². The van der Waals surface area contributed by atoms with E-state index in [1.54, 1.807) is 0 Å². The molecule has 0 fully saturated rings. The predicted molar refractivity (Wildman–Crippen MR) is 74.0 cm³/mol. The summed E-state index contributed by atoms with van der Waals surface area (Å²) in [5.74, 6) is -0.735. The molecule has 1 aromatic carbocycles. The lowest BCUT2D eigenvalue weighted by Crippen LogP contribution is -2.32. The molecule has 1 rings (SSSR count). The van der Waals surface area contributed by atoms with Gasteiger partial charge in [-0.15, -0.1) is 0 Å². The predicted octanol–water partition coefficient (Wildman–Crippen LogP) is 2.64. The maximum atomic E-state index is 10.7. The fourth-order valence-corrected chi connectivity index (χ4v) is 2.05. The summed E-state index contributed by atoms with van der Waals surface area (Å²) in [6.07, 6.45) is 1.16. The Bertz CT molecular complexity index is 415. The average Bonchev–Trinajstić information content (AvgIpc) is 2.26. The molecule has 0 saturated carbocycles. The second-order valence-electron chi connectivity index (χ2n) is 5.11. The first-order valence-electron chi connectivity index (χ1n) is 6.38. The summed E-state index contributed by atoms with van der Waals surface area (Å²) in [5, 5.41) is 8.77. The summed E-state index contributed by atoms with van der Waals surface area (Å²) in [6.45, 7) is 7.06. The summed E-state index contributed by atoms with van der Waals surface area (Å²) in [6, 6.07) is 6.56. The lowest BCUT2D eigenvalue weighted by atomic mass is 10.0. The molecule has 3 heteroatoms. The van der Waals surface area contributed by atoms with E-state index >= 15 is 0 Å². The van der Waals surface area contributed by atoms with Crippen LogP contribution in [0.1, 0.15) is 30.0 Å². The number of carboxylic acid groups (broad SMARTS) is 1. The molecule has 3 nitrogen and oxygen atoms in total. The monoisotopic (exact) mass is 249 g/mol. The van der Waals surface area contributed by atoms with Crippen molar-refractivity contribution in [1.29, 1.82) is 0 Å². The molecule has 100 valence electrons. The third-order valence-electron chi connectivity index (χ3n) is 3.45. The first-order chi connectivity index (χ1) is 8.40. The molecule has 0 heterocycles. The van der Waals surface area contributed by atoms with Gasteiger partial charge in [0.15, 0.2) is 0 Å². The Labute approximate surface area is 109 Å². The highest BCUT2D eigenvalue weighted by molar-refractivity contribution is 5.67. The Morgan fingerprint density at radius 3 is 2.61 bits per heavy atom. The zero-order valence-corrected chi connectivity index (χ0v) is 11.7. The van der Waals surface area contributed by atoms with Crippen molar-refractivity contribution >= 4 is 5.97 Å². The highest BCUT2D eigenvalue weighted by Gasteiger charge is 2.13. The number of likely N-dealkylation sites (N-methyl/N-ethyl adjacent to an activating group) is 1. The van der Waals surface area contributed by atoms with E-state index in [-0.39, 0.29) is 12.5 Å². The summed E-state index contributed by atoms with van der Waals surface area (Å²) < 4.78 is 0. The van der Waals surface area contributed by atoms with E-state index in [1.165, 1.54) is 16.7 Å². The van der Waals surface area contributed by atoms with Gasteiger partial charge in [0.1, 0.15) is 0 Å². The summed E-state index contributed by atoms with van der Waals surface area (Å²) in [4.78, 5) is 12.8. The van der Waals surface area contributed by atoms with Gasteiger partial charge in [0, 0.05) is 12.6 Å². The maximum absolute atomic E-state index is 10.7.